The Morgan fingerprint density at radius 3 is 2.48 bits per heavy atom. The number of methoxy groups -OCH3 is 1. The van der Waals surface area contributed by atoms with Crippen LogP contribution in [0.2, 0.25) is 0 Å². The van der Waals surface area contributed by atoms with Gasteiger partial charge in [-0.2, -0.15) is 10.2 Å². The lowest BCUT2D eigenvalue weighted by Crippen LogP contribution is -2.55. The van der Waals surface area contributed by atoms with Crippen molar-refractivity contribution in [3.8, 4) is 10.8 Å². The summed E-state index contributed by atoms with van der Waals surface area (Å²) in [5.41, 5.74) is -1.88. The van der Waals surface area contributed by atoms with Gasteiger partial charge in [0.1, 0.15) is 33.0 Å². The Morgan fingerprint density at radius 1 is 1.20 bits per heavy atom. The van der Waals surface area contributed by atoms with Gasteiger partial charge in [-0.3, -0.25) is 14.2 Å². The summed E-state index contributed by atoms with van der Waals surface area (Å²) in [5, 5.41) is 11.7. The van der Waals surface area contributed by atoms with Crippen LogP contribution in [0, 0.1) is 18.7 Å². The van der Waals surface area contributed by atoms with E-state index in [4.69, 9.17) is 9.47 Å². The minimum atomic E-state index is -1.53. The largest absolute Gasteiger partial charge is 0.496 e. The molecule has 214 valence electrons. The number of ether oxygens (including phenoxy) is 2. The molecule has 0 aliphatic heterocycles. The number of amides is 1. The molecule has 0 aliphatic carbocycles. The third-order valence-corrected chi connectivity index (χ3v) is 7.93. The van der Waals surface area contributed by atoms with E-state index in [1.54, 1.807) is 6.92 Å². The third-order valence-electron chi connectivity index (χ3n) is 6.65. The van der Waals surface area contributed by atoms with E-state index in [-0.39, 0.29) is 17.8 Å². The predicted octanol–water partition coefficient (Wildman–Crippen LogP) is 3.16. The number of rotatable bonds is 10. The van der Waals surface area contributed by atoms with Gasteiger partial charge in [0.25, 0.3) is 5.56 Å². The highest BCUT2D eigenvalue weighted by Gasteiger charge is 2.35. The lowest BCUT2D eigenvalue weighted by atomic mass is 10.0. The summed E-state index contributed by atoms with van der Waals surface area (Å²) < 4.78 is 28.5. The summed E-state index contributed by atoms with van der Waals surface area (Å²) in [4.78, 5) is 42.7. The zero-order valence-electron chi connectivity index (χ0n) is 23.5. The van der Waals surface area contributed by atoms with E-state index < -0.39 is 34.6 Å². The van der Waals surface area contributed by atoms with E-state index in [1.807, 2.05) is 13.8 Å². The fraction of sp³-hybridized carbons (Fsp3) is 0.444. The summed E-state index contributed by atoms with van der Waals surface area (Å²) in [7, 11) is 2.91. The van der Waals surface area contributed by atoms with Gasteiger partial charge >= 0.3 is 5.69 Å². The van der Waals surface area contributed by atoms with E-state index >= 15 is 0 Å². The standard InChI is InChI=1S/C27H33FN6O5S/c1-15(2)14-39-20(18-12-17(28)8-9-19(18)38-7)13-32-24-21(16(3)23(40-24)34-30-10-11-31-34)22(35)33(26(32)37)27(4,5)25(36)29-6/h8-12,15,20H,13-14H2,1-7H3,(H,29,36)/t20-/m0/s1. The van der Waals surface area contributed by atoms with Crippen molar-refractivity contribution < 1.29 is 18.7 Å². The minimum absolute atomic E-state index is 0.0854. The first-order valence-electron chi connectivity index (χ1n) is 12.8. The second-order valence-electron chi connectivity index (χ2n) is 10.3. The average Bonchev–Trinajstić information content (AvgIpc) is 3.55. The number of carbonyl (C=O) groups is 1. The average molecular weight is 573 g/mol. The van der Waals surface area contributed by atoms with Gasteiger partial charge in [0.2, 0.25) is 5.91 Å². The van der Waals surface area contributed by atoms with Gasteiger partial charge in [0.05, 0.1) is 31.4 Å². The SMILES string of the molecule is CNC(=O)C(C)(C)n1c(=O)c2c(C)c(-n3nccn3)sc2n(C[C@H](OCC(C)C)c2cc(F)ccc2OC)c1=O. The summed E-state index contributed by atoms with van der Waals surface area (Å²) in [6.45, 7) is 8.93. The Kier molecular flexibility index (Phi) is 8.26. The van der Waals surface area contributed by atoms with Crippen LogP contribution in [0.25, 0.3) is 15.2 Å². The Bertz CT molecular complexity index is 1650. The summed E-state index contributed by atoms with van der Waals surface area (Å²) in [6.07, 6.45) is 2.20. The highest BCUT2D eigenvalue weighted by Crippen LogP contribution is 2.34. The van der Waals surface area contributed by atoms with Gasteiger partial charge in [-0.1, -0.05) is 25.2 Å². The molecule has 0 aliphatic rings. The van der Waals surface area contributed by atoms with Crippen LogP contribution in [0.3, 0.4) is 0 Å². The Labute approximate surface area is 234 Å². The number of hydrogen-bond acceptors (Lipinski definition) is 8. The summed E-state index contributed by atoms with van der Waals surface area (Å²) >= 11 is 1.17. The number of hydrogen-bond donors (Lipinski definition) is 1. The minimum Gasteiger partial charge on any atom is -0.496 e. The molecule has 3 aromatic heterocycles. The Morgan fingerprint density at radius 2 is 1.88 bits per heavy atom. The maximum absolute atomic E-state index is 14.4. The molecule has 13 heteroatoms. The van der Waals surface area contributed by atoms with Gasteiger partial charge in [0, 0.05) is 24.8 Å². The lowest BCUT2D eigenvalue weighted by Gasteiger charge is -2.27. The second kappa shape index (κ2) is 11.3. The molecule has 0 saturated carbocycles. The molecule has 0 spiro atoms. The van der Waals surface area contributed by atoms with E-state index in [0.29, 0.717) is 33.3 Å². The normalized spacial score (nSPS) is 12.7. The number of benzene rings is 1. The van der Waals surface area contributed by atoms with E-state index in [2.05, 4.69) is 15.5 Å². The predicted molar refractivity (Wildman–Crippen MR) is 150 cm³/mol. The number of nitrogens with zero attached hydrogens (tertiary/aromatic N) is 5. The fourth-order valence-electron chi connectivity index (χ4n) is 4.58. The quantitative estimate of drug-likeness (QED) is 0.310. The molecule has 0 radical (unpaired) electrons. The maximum atomic E-state index is 14.4. The number of likely N-dealkylation sites (N-methyl/N-ethyl adjacent to an activating group) is 1. The highest BCUT2D eigenvalue weighted by atomic mass is 32.1. The van der Waals surface area contributed by atoms with Gasteiger partial charge in [-0.05, 0) is 44.9 Å². The lowest BCUT2D eigenvalue weighted by molar-refractivity contribution is -0.128. The zero-order valence-corrected chi connectivity index (χ0v) is 24.3. The zero-order chi connectivity index (χ0) is 29.4. The number of fused-ring (bicyclic) bond motifs is 1. The summed E-state index contributed by atoms with van der Waals surface area (Å²) in [5.74, 6) is -0.473. The summed E-state index contributed by atoms with van der Waals surface area (Å²) in [6, 6.07) is 4.10. The maximum Gasteiger partial charge on any atom is 0.333 e. The first-order valence-corrected chi connectivity index (χ1v) is 13.6. The van der Waals surface area contributed by atoms with Crippen molar-refractivity contribution >= 4 is 27.5 Å². The van der Waals surface area contributed by atoms with Crippen molar-refractivity contribution in [1.82, 2.24) is 29.4 Å². The molecule has 0 fully saturated rings. The van der Waals surface area contributed by atoms with Crippen molar-refractivity contribution in [3.05, 3.63) is 68.4 Å². The number of aryl methyl sites for hydroxylation is 1. The van der Waals surface area contributed by atoms with Gasteiger partial charge in [-0.15, -0.1) is 4.80 Å². The van der Waals surface area contributed by atoms with Crippen molar-refractivity contribution in [2.75, 3.05) is 20.8 Å². The van der Waals surface area contributed by atoms with Crippen LogP contribution in [-0.4, -0.2) is 50.8 Å². The molecule has 11 nitrogen and oxygen atoms in total. The highest BCUT2D eigenvalue weighted by molar-refractivity contribution is 7.21. The van der Waals surface area contributed by atoms with Crippen LogP contribution in [-0.2, 0) is 21.6 Å². The van der Waals surface area contributed by atoms with Crippen LogP contribution in [0.4, 0.5) is 4.39 Å². The van der Waals surface area contributed by atoms with Gasteiger partial charge in [0.15, 0.2) is 0 Å². The smallest absolute Gasteiger partial charge is 0.333 e. The molecule has 1 atom stereocenters. The van der Waals surface area contributed by atoms with Crippen molar-refractivity contribution in [2.24, 2.45) is 5.92 Å². The van der Waals surface area contributed by atoms with E-state index in [1.165, 1.54) is 79.3 Å². The first kappa shape index (κ1) is 29.2. The topological polar surface area (TPSA) is 122 Å². The third kappa shape index (κ3) is 5.18. The Hall–Kier alpha value is -3.84. The number of thiophene rings is 1. The van der Waals surface area contributed by atoms with Gasteiger partial charge in [-0.25, -0.2) is 13.8 Å². The Balaban J connectivity index is 2.05. The van der Waals surface area contributed by atoms with Crippen LogP contribution >= 0.6 is 11.3 Å². The monoisotopic (exact) mass is 572 g/mol. The van der Waals surface area contributed by atoms with Crippen LogP contribution in [0.1, 0.15) is 44.9 Å². The fourth-order valence-corrected chi connectivity index (χ4v) is 5.80. The van der Waals surface area contributed by atoms with Crippen LogP contribution in [0.15, 0.2) is 40.2 Å². The molecular weight excluding hydrogens is 539 g/mol. The molecular formula is C27H33FN6O5S. The molecule has 1 N–H and O–H groups in total. The number of carbonyl (C=O) groups excluding carboxylic acids is 1. The number of nitrogens with one attached hydrogen (secondary N) is 1. The second-order valence-corrected chi connectivity index (χ2v) is 11.3. The van der Waals surface area contributed by atoms with Gasteiger partial charge < -0.3 is 14.8 Å². The molecule has 0 bridgehead atoms. The number of halogens is 1. The first-order chi connectivity index (χ1) is 18.9. The molecule has 3 heterocycles. The molecule has 0 unspecified atom stereocenters. The molecule has 40 heavy (non-hydrogen) atoms. The van der Waals surface area contributed by atoms with Crippen LogP contribution < -0.4 is 21.3 Å². The van der Waals surface area contributed by atoms with Crippen LogP contribution in [0.5, 0.6) is 5.75 Å². The molecule has 4 rings (SSSR count). The van der Waals surface area contributed by atoms with E-state index in [9.17, 15) is 18.8 Å². The number of aromatic nitrogens is 5. The molecule has 4 aromatic rings. The van der Waals surface area contributed by atoms with Crippen molar-refractivity contribution in [1.29, 1.82) is 0 Å². The van der Waals surface area contributed by atoms with E-state index in [0.717, 1.165) is 4.57 Å². The molecule has 1 aromatic carbocycles. The van der Waals surface area contributed by atoms with Crippen molar-refractivity contribution in [2.45, 2.75) is 52.8 Å². The molecule has 0 saturated heterocycles. The molecule has 1 amide bonds. The van der Waals surface area contributed by atoms with Crippen molar-refractivity contribution in [3.63, 3.8) is 0 Å².